The zero-order valence-electron chi connectivity index (χ0n) is 42.4. The van der Waals surface area contributed by atoms with Crippen molar-refractivity contribution in [2.45, 2.75) is 117 Å². The van der Waals surface area contributed by atoms with Crippen molar-refractivity contribution in [2.24, 2.45) is 10.2 Å². The van der Waals surface area contributed by atoms with Crippen LogP contribution in [0.3, 0.4) is 0 Å². The molecular formula is C46H68B3Br2N11O6. The fraction of sp³-hybridized carbons (Fsp3) is 0.478. The van der Waals surface area contributed by atoms with Gasteiger partial charge in [0.05, 0.1) is 33.6 Å². The van der Waals surface area contributed by atoms with Crippen LogP contribution >= 0.6 is 31.9 Å². The molecule has 366 valence electrons. The smallest absolute Gasteiger partial charge is 0.405 e. The minimum atomic E-state index is -0.476. The molecule has 8 rings (SSSR count). The molecule has 5 aromatic rings. The summed E-state index contributed by atoms with van der Waals surface area (Å²) in [6.45, 7) is 24.4. The molecule has 17 nitrogen and oxygen atoms in total. The van der Waals surface area contributed by atoms with E-state index in [-0.39, 0.29) is 40.7 Å². The van der Waals surface area contributed by atoms with Crippen molar-refractivity contribution >= 4 is 76.8 Å². The number of nitrogen functional groups attached to an aromatic ring is 1. The van der Waals surface area contributed by atoms with E-state index in [1.54, 1.807) is 38.0 Å². The lowest BCUT2D eigenvalue weighted by Crippen LogP contribution is -2.41. The summed E-state index contributed by atoms with van der Waals surface area (Å²) in [6, 6.07) is 23.5. The van der Waals surface area contributed by atoms with Crippen LogP contribution in [-0.4, -0.2) is 135 Å². The van der Waals surface area contributed by atoms with E-state index in [0.717, 1.165) is 31.5 Å². The lowest BCUT2D eigenvalue weighted by molar-refractivity contribution is 0.00578. The third-order valence-electron chi connectivity index (χ3n) is 11.9. The summed E-state index contributed by atoms with van der Waals surface area (Å²) in [5, 5.41) is 22.6. The van der Waals surface area contributed by atoms with Crippen molar-refractivity contribution in [1.29, 1.82) is 0 Å². The van der Waals surface area contributed by atoms with Gasteiger partial charge in [0.25, 0.3) is 0 Å². The Kier molecular flexibility index (Phi) is 19.4. The fourth-order valence-corrected chi connectivity index (χ4v) is 6.69. The van der Waals surface area contributed by atoms with Crippen LogP contribution in [0.4, 0.5) is 5.69 Å². The minimum Gasteiger partial charge on any atom is -0.405 e. The van der Waals surface area contributed by atoms with Crippen LogP contribution < -0.4 is 11.2 Å². The van der Waals surface area contributed by atoms with Gasteiger partial charge in [0, 0.05) is 54.2 Å². The molecule has 0 amide bonds. The number of anilines is 1. The summed E-state index contributed by atoms with van der Waals surface area (Å²) in [6.07, 6.45) is 9.95. The predicted molar refractivity (Wildman–Crippen MR) is 281 cm³/mol. The highest BCUT2D eigenvalue weighted by atomic mass is 79.9. The molecule has 0 aliphatic carbocycles. The maximum Gasteiger partial charge on any atom is 0.494 e. The molecule has 0 saturated carbocycles. The Morgan fingerprint density at radius 2 is 0.838 bits per heavy atom. The highest BCUT2D eigenvalue weighted by Gasteiger charge is 2.63. The molecular weight excluding hydrogens is 995 g/mol. The van der Waals surface area contributed by atoms with Gasteiger partial charge in [-0.05, 0) is 137 Å². The van der Waals surface area contributed by atoms with Crippen molar-refractivity contribution in [3.63, 3.8) is 0 Å². The number of hydrogen-bond donors (Lipinski definition) is 1. The van der Waals surface area contributed by atoms with Crippen molar-refractivity contribution < 1.29 is 27.9 Å². The van der Waals surface area contributed by atoms with Crippen LogP contribution in [0.15, 0.2) is 117 Å². The molecule has 0 unspecified atom stereocenters. The van der Waals surface area contributed by atoms with E-state index >= 15 is 0 Å². The Morgan fingerprint density at radius 3 is 1.18 bits per heavy atom. The molecule has 0 bridgehead atoms. The maximum atomic E-state index is 6.06. The second-order valence-corrected chi connectivity index (χ2v) is 21.4. The van der Waals surface area contributed by atoms with Gasteiger partial charge in [-0.15, -0.1) is 30.6 Å². The first-order valence-corrected chi connectivity index (χ1v) is 23.7. The van der Waals surface area contributed by atoms with Gasteiger partial charge in [-0.2, -0.15) is 0 Å². The van der Waals surface area contributed by atoms with Gasteiger partial charge in [0.1, 0.15) is 38.0 Å². The Hall–Kier alpha value is -4.41. The zero-order chi connectivity index (χ0) is 50.7. The number of halogens is 2. The Morgan fingerprint density at radius 1 is 0.500 bits per heavy atom. The SMILES string of the molecule is Brc1cccc(-n2cnnc2)c1.CC1(C)OB(B2OC(C)(C)C(C)(C)O2)OC1(C)C.CC1(C)OB(c2cccc(-n3cnnc3)c2)OC1(C)C.CN(C)/C=N/N=C/N(C)C.Nc1cccc(Br)c1. The van der Waals surface area contributed by atoms with Crippen molar-refractivity contribution in [3.05, 3.63) is 107 Å². The van der Waals surface area contributed by atoms with E-state index in [1.807, 2.05) is 175 Å². The molecule has 0 atom stereocenters. The molecule has 68 heavy (non-hydrogen) atoms. The largest absolute Gasteiger partial charge is 0.494 e. The Balaban J connectivity index is 0.000000193. The van der Waals surface area contributed by atoms with Gasteiger partial charge in [0.15, 0.2) is 0 Å². The third-order valence-corrected chi connectivity index (χ3v) is 12.9. The maximum absolute atomic E-state index is 6.06. The minimum absolute atomic E-state index is 0.329. The molecule has 3 fully saturated rings. The van der Waals surface area contributed by atoms with Crippen LogP contribution in [0.2, 0.25) is 0 Å². The van der Waals surface area contributed by atoms with Gasteiger partial charge in [0.2, 0.25) is 0 Å². The van der Waals surface area contributed by atoms with Crippen molar-refractivity contribution in [2.75, 3.05) is 33.9 Å². The second-order valence-electron chi connectivity index (χ2n) is 19.6. The highest BCUT2D eigenvalue weighted by molar-refractivity contribution is 9.10. The van der Waals surface area contributed by atoms with E-state index in [1.165, 1.54) is 0 Å². The zero-order valence-corrected chi connectivity index (χ0v) is 45.6. The number of hydrogen-bond acceptors (Lipinski definition) is 13. The van der Waals surface area contributed by atoms with Crippen LogP contribution in [0.5, 0.6) is 0 Å². The van der Waals surface area contributed by atoms with E-state index in [4.69, 9.17) is 33.7 Å². The lowest BCUT2D eigenvalue weighted by atomic mass is 9.49. The molecule has 3 aromatic carbocycles. The Labute approximate surface area is 421 Å². The summed E-state index contributed by atoms with van der Waals surface area (Å²) < 4.78 is 41.8. The van der Waals surface area contributed by atoms with E-state index < -0.39 is 14.0 Å². The van der Waals surface area contributed by atoms with E-state index in [0.29, 0.717) is 0 Å². The monoisotopic (exact) mass is 1060 g/mol. The summed E-state index contributed by atoms with van der Waals surface area (Å²) >= 11 is 6.68. The number of nitrogens with zero attached hydrogens (tertiary/aromatic N) is 10. The first kappa shape index (κ1) is 56.2. The van der Waals surface area contributed by atoms with Gasteiger partial charge in [-0.25, -0.2) is 0 Å². The van der Waals surface area contributed by atoms with Crippen LogP contribution in [0, 0.1) is 0 Å². The molecule has 2 aromatic heterocycles. The quantitative estimate of drug-likeness (QED) is 0.0548. The summed E-state index contributed by atoms with van der Waals surface area (Å²) in [5.41, 5.74) is 7.16. The topological polar surface area (TPSA) is 174 Å². The van der Waals surface area contributed by atoms with E-state index in [9.17, 15) is 0 Å². The van der Waals surface area contributed by atoms with Gasteiger partial charge >= 0.3 is 21.1 Å². The average Bonchev–Trinajstić information content (AvgIpc) is 4.07. The summed E-state index contributed by atoms with van der Waals surface area (Å²) in [7, 11) is 6.29. The molecule has 3 aliphatic heterocycles. The number of rotatable bonds is 7. The number of nitrogens with two attached hydrogens (primary N) is 1. The number of aromatic nitrogens is 6. The molecule has 2 N–H and O–H groups in total. The van der Waals surface area contributed by atoms with Crippen LogP contribution in [-0.2, 0) is 27.9 Å². The summed E-state index contributed by atoms with van der Waals surface area (Å²) in [5.74, 6) is 0. The average molecular weight is 1060 g/mol. The standard InChI is InChI=1S/C14H18BN3O2.C12H24B2O4.C8H6BrN3.C6H6BrN.C6H14N4/c1-13(2)14(3,4)20-15(19-13)11-6-5-7-12(8-11)18-9-16-17-10-18;1-9(2)10(3,4)16-13(15-9)14-17-11(5,6)12(7,8)18-14;9-7-2-1-3-8(4-7)12-5-10-11-6-12;7-5-2-1-3-6(8)4-5;1-9(2)5-7-8-6-10(3)4/h5-10H,1-4H3;1-8H3;1-6H;1-4H,8H2;5-6H,1-4H3/b;;;;7-5+,8-6+. The molecule has 0 spiro atoms. The molecule has 22 heteroatoms. The fourth-order valence-electron chi connectivity index (χ4n) is 5.89. The molecule has 3 aliphatic rings. The predicted octanol–water partition coefficient (Wildman–Crippen LogP) is 7.96. The number of benzene rings is 3. The molecule has 3 saturated heterocycles. The van der Waals surface area contributed by atoms with Crippen molar-refractivity contribution in [3.8, 4) is 11.4 Å². The van der Waals surface area contributed by atoms with Crippen molar-refractivity contribution in [1.82, 2.24) is 39.3 Å². The second kappa shape index (κ2) is 23.5. The normalized spacial score (nSPS) is 18.9. The van der Waals surface area contributed by atoms with E-state index in [2.05, 4.69) is 90.2 Å². The van der Waals surface area contributed by atoms with Gasteiger partial charge < -0.3 is 43.5 Å². The molecule has 5 heterocycles. The highest BCUT2D eigenvalue weighted by Crippen LogP contribution is 2.43. The van der Waals surface area contributed by atoms with Gasteiger partial charge in [-0.3, -0.25) is 9.13 Å². The van der Waals surface area contributed by atoms with Gasteiger partial charge in [-0.1, -0.05) is 56.1 Å². The summed E-state index contributed by atoms with van der Waals surface area (Å²) in [4.78, 5) is 3.65. The van der Waals surface area contributed by atoms with Crippen LogP contribution in [0.1, 0.15) is 83.1 Å². The lowest BCUT2D eigenvalue weighted by Gasteiger charge is -2.32. The first-order chi connectivity index (χ1) is 31.5. The first-order valence-electron chi connectivity index (χ1n) is 22.1. The third kappa shape index (κ3) is 15.8. The molecule has 0 radical (unpaired) electrons. The van der Waals surface area contributed by atoms with Crippen LogP contribution in [0.25, 0.3) is 11.4 Å². The Bertz CT molecular complexity index is 2270.